The molecule has 2 amide bonds. The quantitative estimate of drug-likeness (QED) is 0.379. The first kappa shape index (κ1) is 20.3. The molecule has 0 saturated heterocycles. The zero-order chi connectivity index (χ0) is 20.7. The van der Waals surface area contributed by atoms with Crippen molar-refractivity contribution < 1.29 is 24.4 Å². The zero-order valence-corrected chi connectivity index (χ0v) is 14.8. The molecule has 0 heterocycles. The van der Waals surface area contributed by atoms with Gasteiger partial charge in [-0.25, -0.2) is 0 Å². The maximum atomic E-state index is 12.5. The number of non-ortho nitro benzene ring substituents is 1. The Morgan fingerprint density at radius 3 is 2.39 bits per heavy atom. The average Bonchev–Trinajstić information content (AvgIpc) is 2.68. The second-order valence-corrected chi connectivity index (χ2v) is 5.76. The highest BCUT2D eigenvalue weighted by atomic mass is 16.6. The summed E-state index contributed by atoms with van der Waals surface area (Å²) < 4.78 is 0. The number of carboxylic acids is 1. The fourth-order valence-corrected chi connectivity index (χ4v) is 2.17. The van der Waals surface area contributed by atoms with Crippen molar-refractivity contribution in [1.82, 2.24) is 10.6 Å². The van der Waals surface area contributed by atoms with E-state index in [1.54, 1.807) is 18.2 Å². The molecule has 9 nitrogen and oxygen atoms in total. The molecule has 2 aromatic rings. The molecule has 9 heteroatoms. The Morgan fingerprint density at radius 1 is 1.11 bits per heavy atom. The Hall–Kier alpha value is -4.01. The van der Waals surface area contributed by atoms with Crippen LogP contribution in [0.3, 0.4) is 0 Å². The minimum absolute atomic E-state index is 0.193. The molecule has 144 valence electrons. The second-order valence-electron chi connectivity index (χ2n) is 5.76. The van der Waals surface area contributed by atoms with E-state index in [1.165, 1.54) is 49.4 Å². The third-order valence-corrected chi connectivity index (χ3v) is 3.64. The molecule has 1 atom stereocenters. The van der Waals surface area contributed by atoms with Gasteiger partial charge >= 0.3 is 5.97 Å². The Balaban J connectivity index is 2.36. The lowest BCUT2D eigenvalue weighted by atomic mass is 10.1. The molecule has 2 aromatic carbocycles. The lowest BCUT2D eigenvalue weighted by Gasteiger charge is -2.13. The van der Waals surface area contributed by atoms with Gasteiger partial charge in [-0.2, -0.15) is 0 Å². The van der Waals surface area contributed by atoms with Gasteiger partial charge in [0.25, 0.3) is 17.5 Å². The van der Waals surface area contributed by atoms with Gasteiger partial charge in [0.15, 0.2) is 0 Å². The van der Waals surface area contributed by atoms with E-state index < -0.39 is 28.7 Å². The van der Waals surface area contributed by atoms with Gasteiger partial charge in [-0.1, -0.05) is 30.3 Å². The van der Waals surface area contributed by atoms with Crippen LogP contribution in [0.2, 0.25) is 0 Å². The van der Waals surface area contributed by atoms with Crippen molar-refractivity contribution in [2.24, 2.45) is 0 Å². The van der Waals surface area contributed by atoms with Gasteiger partial charge in [0, 0.05) is 17.7 Å². The first-order valence-electron chi connectivity index (χ1n) is 8.14. The molecule has 0 aliphatic carbocycles. The van der Waals surface area contributed by atoms with Crippen LogP contribution in [0.15, 0.2) is 60.3 Å². The molecule has 3 N–H and O–H groups in total. The number of carbonyl (C=O) groups is 3. The minimum atomic E-state index is -1.25. The molecular formula is C19H17N3O6. The molecule has 0 aromatic heterocycles. The van der Waals surface area contributed by atoms with Crippen molar-refractivity contribution >= 4 is 29.5 Å². The van der Waals surface area contributed by atoms with E-state index in [1.807, 2.05) is 0 Å². The van der Waals surface area contributed by atoms with Gasteiger partial charge in [0.2, 0.25) is 0 Å². The molecule has 28 heavy (non-hydrogen) atoms. The van der Waals surface area contributed by atoms with E-state index in [9.17, 15) is 24.5 Å². The van der Waals surface area contributed by atoms with Crippen molar-refractivity contribution in [2.45, 2.75) is 13.0 Å². The Labute approximate surface area is 159 Å². The lowest BCUT2D eigenvalue weighted by Crippen LogP contribution is -2.42. The van der Waals surface area contributed by atoms with Crippen molar-refractivity contribution in [3.05, 3.63) is 81.5 Å². The summed E-state index contributed by atoms with van der Waals surface area (Å²) in [6.07, 6.45) is 1.23. The fraction of sp³-hybridized carbons (Fsp3) is 0.105. The Kier molecular flexibility index (Phi) is 6.58. The number of nitro groups is 1. The second kappa shape index (κ2) is 9.08. The molecule has 0 radical (unpaired) electrons. The number of nitrogens with zero attached hydrogens (tertiary/aromatic N) is 1. The predicted molar refractivity (Wildman–Crippen MR) is 100 cm³/mol. The van der Waals surface area contributed by atoms with E-state index in [2.05, 4.69) is 10.6 Å². The van der Waals surface area contributed by atoms with Gasteiger partial charge in [-0.15, -0.1) is 0 Å². The lowest BCUT2D eigenvalue weighted by molar-refractivity contribution is -0.384. The van der Waals surface area contributed by atoms with Crippen LogP contribution in [0.25, 0.3) is 6.08 Å². The third kappa shape index (κ3) is 5.49. The van der Waals surface area contributed by atoms with Crippen molar-refractivity contribution in [2.75, 3.05) is 0 Å². The van der Waals surface area contributed by atoms with E-state index >= 15 is 0 Å². The van der Waals surface area contributed by atoms with E-state index in [-0.39, 0.29) is 22.5 Å². The highest BCUT2D eigenvalue weighted by Gasteiger charge is 2.20. The van der Waals surface area contributed by atoms with Crippen LogP contribution in [-0.2, 0) is 9.59 Å². The summed E-state index contributed by atoms with van der Waals surface area (Å²) in [5.74, 6) is -2.68. The van der Waals surface area contributed by atoms with Gasteiger partial charge in [-0.3, -0.25) is 24.5 Å². The summed E-state index contributed by atoms with van der Waals surface area (Å²) >= 11 is 0. The number of hydrogen-bond acceptors (Lipinski definition) is 5. The minimum Gasteiger partial charge on any atom is -0.480 e. The number of benzene rings is 2. The number of carboxylic acid groups (broad SMARTS) is 1. The monoisotopic (exact) mass is 383 g/mol. The van der Waals surface area contributed by atoms with Gasteiger partial charge in [0.05, 0.1) is 4.92 Å². The van der Waals surface area contributed by atoms with Gasteiger partial charge in [-0.05, 0) is 30.7 Å². The highest BCUT2D eigenvalue weighted by molar-refractivity contribution is 6.06. The largest absolute Gasteiger partial charge is 0.480 e. The van der Waals surface area contributed by atoms with Crippen LogP contribution >= 0.6 is 0 Å². The number of nitrogens with one attached hydrogen (secondary N) is 2. The first-order valence-corrected chi connectivity index (χ1v) is 8.14. The van der Waals surface area contributed by atoms with Gasteiger partial charge in [0.1, 0.15) is 11.7 Å². The van der Waals surface area contributed by atoms with Crippen LogP contribution in [-0.4, -0.2) is 33.9 Å². The van der Waals surface area contributed by atoms with Gasteiger partial charge < -0.3 is 15.7 Å². The predicted octanol–water partition coefficient (Wildman–Crippen LogP) is 1.96. The molecule has 0 spiro atoms. The third-order valence-electron chi connectivity index (χ3n) is 3.64. The van der Waals surface area contributed by atoms with Crippen LogP contribution < -0.4 is 10.6 Å². The van der Waals surface area contributed by atoms with Crippen LogP contribution in [0.5, 0.6) is 0 Å². The maximum absolute atomic E-state index is 12.5. The smallest absolute Gasteiger partial charge is 0.325 e. The Bertz CT molecular complexity index is 940. The van der Waals surface area contributed by atoms with Crippen molar-refractivity contribution in [1.29, 1.82) is 0 Å². The number of hydrogen-bond donors (Lipinski definition) is 3. The number of amides is 2. The summed E-state index contributed by atoms with van der Waals surface area (Å²) in [5.41, 5.74) is 0.131. The van der Waals surface area contributed by atoms with E-state index in [4.69, 9.17) is 5.11 Å². The summed E-state index contributed by atoms with van der Waals surface area (Å²) in [6, 6.07) is 12.3. The first-order chi connectivity index (χ1) is 13.3. The molecule has 0 bridgehead atoms. The SMILES string of the molecule is CC(NC(=O)C(=Cc1cccc([N+](=O)[O-])c1)NC(=O)c1ccccc1)C(=O)O. The molecule has 0 fully saturated rings. The number of nitro benzene ring substituents is 1. The number of rotatable bonds is 7. The maximum Gasteiger partial charge on any atom is 0.325 e. The fourth-order valence-electron chi connectivity index (χ4n) is 2.17. The van der Waals surface area contributed by atoms with E-state index in [0.29, 0.717) is 0 Å². The molecule has 0 aliphatic rings. The zero-order valence-electron chi connectivity index (χ0n) is 14.8. The summed E-state index contributed by atoms with van der Waals surface area (Å²) in [6.45, 7) is 1.27. The summed E-state index contributed by atoms with van der Waals surface area (Å²) in [7, 11) is 0. The molecule has 0 aliphatic heterocycles. The van der Waals surface area contributed by atoms with Crippen molar-refractivity contribution in [3.8, 4) is 0 Å². The molecule has 0 saturated carbocycles. The summed E-state index contributed by atoms with van der Waals surface area (Å²) in [5, 5.41) is 24.6. The van der Waals surface area contributed by atoms with Crippen LogP contribution in [0.4, 0.5) is 5.69 Å². The molecular weight excluding hydrogens is 366 g/mol. The number of aliphatic carboxylic acids is 1. The summed E-state index contributed by atoms with van der Waals surface area (Å²) in [4.78, 5) is 46.2. The highest BCUT2D eigenvalue weighted by Crippen LogP contribution is 2.15. The topological polar surface area (TPSA) is 139 Å². The van der Waals surface area contributed by atoms with Crippen molar-refractivity contribution in [3.63, 3.8) is 0 Å². The van der Waals surface area contributed by atoms with E-state index in [0.717, 1.165) is 0 Å². The van der Waals surface area contributed by atoms with Crippen LogP contribution in [0.1, 0.15) is 22.8 Å². The van der Waals surface area contributed by atoms with Crippen LogP contribution in [0, 0.1) is 10.1 Å². The molecule has 1 unspecified atom stereocenters. The number of carbonyl (C=O) groups excluding carboxylic acids is 2. The Morgan fingerprint density at radius 2 is 1.79 bits per heavy atom. The molecule has 2 rings (SSSR count). The standard InChI is InChI=1S/C19H17N3O6/c1-12(19(25)26)20-18(24)16(21-17(23)14-7-3-2-4-8-14)11-13-6-5-9-15(10-13)22(27)28/h2-12H,1H3,(H,20,24)(H,21,23)(H,25,26). The average molecular weight is 383 g/mol. The normalized spacial score (nSPS) is 12.0.